The van der Waals surface area contributed by atoms with Gasteiger partial charge < -0.3 is 15.2 Å². The highest BCUT2D eigenvalue weighted by atomic mass is 16.6. The SMILES string of the molecule is O=C(Nc1cc([N+](=O)[O-])ccc1C(=O)[O-])c1ccc([N+](=O)[O-])cc1. The predicted octanol–water partition coefficient (Wildman–Crippen LogP) is 1.12. The Hall–Kier alpha value is -3.82. The molecule has 2 rings (SSSR count). The first kappa shape index (κ1) is 16.5. The van der Waals surface area contributed by atoms with E-state index >= 15 is 0 Å². The molecule has 0 saturated heterocycles. The van der Waals surface area contributed by atoms with Crippen molar-refractivity contribution in [3.63, 3.8) is 0 Å². The van der Waals surface area contributed by atoms with Gasteiger partial charge in [0.15, 0.2) is 0 Å². The van der Waals surface area contributed by atoms with E-state index in [0.29, 0.717) is 0 Å². The lowest BCUT2D eigenvalue weighted by atomic mass is 10.1. The topological polar surface area (TPSA) is 156 Å². The van der Waals surface area contributed by atoms with Crippen LogP contribution in [-0.4, -0.2) is 21.7 Å². The summed E-state index contributed by atoms with van der Waals surface area (Å²) >= 11 is 0. The highest BCUT2D eigenvalue weighted by Crippen LogP contribution is 2.23. The first-order chi connectivity index (χ1) is 11.3. The van der Waals surface area contributed by atoms with Crippen LogP contribution in [0.2, 0.25) is 0 Å². The van der Waals surface area contributed by atoms with Crippen LogP contribution in [0.1, 0.15) is 20.7 Å². The van der Waals surface area contributed by atoms with Crippen LogP contribution in [0.4, 0.5) is 17.1 Å². The zero-order valence-electron chi connectivity index (χ0n) is 11.8. The van der Waals surface area contributed by atoms with Crippen LogP contribution < -0.4 is 10.4 Å². The fourth-order valence-electron chi connectivity index (χ4n) is 1.86. The summed E-state index contributed by atoms with van der Waals surface area (Å²) in [5.74, 6) is -2.41. The van der Waals surface area contributed by atoms with Crippen molar-refractivity contribution in [2.24, 2.45) is 0 Å². The van der Waals surface area contributed by atoms with Crippen LogP contribution in [0, 0.1) is 20.2 Å². The Bertz CT molecular complexity index is 846. The molecule has 10 nitrogen and oxygen atoms in total. The number of nitrogens with one attached hydrogen (secondary N) is 1. The Morgan fingerprint density at radius 2 is 1.42 bits per heavy atom. The molecular weight excluding hydrogens is 322 g/mol. The number of nitro benzene ring substituents is 2. The maximum Gasteiger partial charge on any atom is 0.271 e. The molecule has 1 N–H and O–H groups in total. The van der Waals surface area contributed by atoms with E-state index in [9.17, 15) is 34.9 Å². The van der Waals surface area contributed by atoms with Crippen molar-refractivity contribution in [1.29, 1.82) is 0 Å². The zero-order valence-corrected chi connectivity index (χ0v) is 11.8. The quantitative estimate of drug-likeness (QED) is 0.635. The van der Waals surface area contributed by atoms with E-state index in [4.69, 9.17) is 0 Å². The summed E-state index contributed by atoms with van der Waals surface area (Å²) in [7, 11) is 0. The molecular formula is C14H8N3O7-. The molecule has 0 saturated carbocycles. The minimum absolute atomic E-state index is 0.0106. The number of rotatable bonds is 5. The average molecular weight is 330 g/mol. The lowest BCUT2D eigenvalue weighted by Crippen LogP contribution is -2.25. The Kier molecular flexibility index (Phi) is 4.50. The molecule has 0 heterocycles. The van der Waals surface area contributed by atoms with Gasteiger partial charge in [0.1, 0.15) is 0 Å². The fraction of sp³-hybridized carbons (Fsp3) is 0. The van der Waals surface area contributed by atoms with E-state index in [-0.39, 0.29) is 16.9 Å². The van der Waals surface area contributed by atoms with Crippen molar-refractivity contribution >= 4 is 28.9 Å². The highest BCUT2D eigenvalue weighted by Gasteiger charge is 2.15. The van der Waals surface area contributed by atoms with Gasteiger partial charge in [0.05, 0.1) is 21.5 Å². The number of nitro groups is 2. The number of carboxylic acid groups (broad SMARTS) is 1. The molecule has 0 unspecified atom stereocenters. The van der Waals surface area contributed by atoms with E-state index in [1.165, 1.54) is 12.1 Å². The molecule has 10 heteroatoms. The van der Waals surface area contributed by atoms with Gasteiger partial charge in [-0.3, -0.25) is 25.0 Å². The molecule has 0 radical (unpaired) electrons. The lowest BCUT2D eigenvalue weighted by Gasteiger charge is -2.11. The van der Waals surface area contributed by atoms with Crippen molar-refractivity contribution < 1.29 is 24.5 Å². The second-order valence-electron chi connectivity index (χ2n) is 4.53. The van der Waals surface area contributed by atoms with Gasteiger partial charge >= 0.3 is 0 Å². The first-order valence-corrected chi connectivity index (χ1v) is 6.35. The molecule has 0 aliphatic carbocycles. The van der Waals surface area contributed by atoms with Gasteiger partial charge in [0.25, 0.3) is 17.3 Å². The van der Waals surface area contributed by atoms with Crippen LogP contribution in [0.25, 0.3) is 0 Å². The largest absolute Gasteiger partial charge is 0.545 e. The van der Waals surface area contributed by atoms with Crippen LogP contribution in [0.3, 0.4) is 0 Å². The summed E-state index contributed by atoms with van der Waals surface area (Å²) in [6.45, 7) is 0. The smallest absolute Gasteiger partial charge is 0.271 e. The summed E-state index contributed by atoms with van der Waals surface area (Å²) in [4.78, 5) is 43.0. The van der Waals surface area contributed by atoms with Crippen molar-refractivity contribution in [3.8, 4) is 0 Å². The van der Waals surface area contributed by atoms with Gasteiger partial charge in [0, 0.05) is 35.4 Å². The molecule has 0 atom stereocenters. The van der Waals surface area contributed by atoms with Crippen molar-refractivity contribution in [2.75, 3.05) is 5.32 Å². The Labute approximate surface area is 133 Å². The monoisotopic (exact) mass is 330 g/mol. The number of nitrogens with zero attached hydrogens (tertiary/aromatic N) is 2. The maximum atomic E-state index is 12.1. The number of non-ortho nitro benzene ring substituents is 2. The molecule has 2 aromatic rings. The fourth-order valence-corrected chi connectivity index (χ4v) is 1.86. The van der Waals surface area contributed by atoms with Gasteiger partial charge in [-0.1, -0.05) is 0 Å². The van der Waals surface area contributed by atoms with Gasteiger partial charge in [-0.05, 0) is 18.2 Å². The molecule has 24 heavy (non-hydrogen) atoms. The Balaban J connectivity index is 2.33. The number of carbonyl (C=O) groups is 2. The minimum atomic E-state index is -1.62. The molecule has 0 aliphatic heterocycles. The third-order valence-corrected chi connectivity index (χ3v) is 3.02. The second-order valence-corrected chi connectivity index (χ2v) is 4.53. The van der Waals surface area contributed by atoms with Gasteiger partial charge in [-0.2, -0.15) is 0 Å². The first-order valence-electron chi connectivity index (χ1n) is 6.35. The number of carbonyl (C=O) groups excluding carboxylic acids is 2. The molecule has 0 aliphatic rings. The summed E-state index contributed by atoms with van der Waals surface area (Å²) in [6.07, 6.45) is 0. The minimum Gasteiger partial charge on any atom is -0.545 e. The number of anilines is 1. The number of benzene rings is 2. The standard InChI is InChI=1S/C14H9N3O7/c18-13(8-1-3-9(4-2-8)16(21)22)15-12-7-10(17(23)24)5-6-11(12)14(19)20/h1-7H,(H,15,18)(H,19,20)/p-1. The summed E-state index contributed by atoms with van der Waals surface area (Å²) in [6, 6.07) is 7.33. The van der Waals surface area contributed by atoms with Gasteiger partial charge in [-0.15, -0.1) is 0 Å². The number of hydrogen-bond acceptors (Lipinski definition) is 7. The number of aromatic carboxylic acids is 1. The summed E-state index contributed by atoms with van der Waals surface area (Å²) in [5.41, 5.74) is -1.38. The van der Waals surface area contributed by atoms with Crippen LogP contribution in [0.5, 0.6) is 0 Å². The molecule has 0 spiro atoms. The molecule has 122 valence electrons. The maximum absolute atomic E-state index is 12.1. The molecule has 1 amide bonds. The highest BCUT2D eigenvalue weighted by molar-refractivity contribution is 6.07. The van der Waals surface area contributed by atoms with Crippen molar-refractivity contribution in [1.82, 2.24) is 0 Å². The Morgan fingerprint density at radius 3 is 1.92 bits per heavy atom. The normalized spacial score (nSPS) is 10.0. The third kappa shape index (κ3) is 3.50. The molecule has 0 bridgehead atoms. The van der Waals surface area contributed by atoms with E-state index < -0.39 is 33.0 Å². The van der Waals surface area contributed by atoms with Crippen molar-refractivity contribution in [2.45, 2.75) is 0 Å². The van der Waals surface area contributed by atoms with Crippen molar-refractivity contribution in [3.05, 3.63) is 73.8 Å². The van der Waals surface area contributed by atoms with Gasteiger partial charge in [0.2, 0.25) is 0 Å². The van der Waals surface area contributed by atoms with Crippen LogP contribution in [-0.2, 0) is 0 Å². The summed E-state index contributed by atoms with van der Waals surface area (Å²) < 4.78 is 0. The van der Waals surface area contributed by atoms with Crippen LogP contribution in [0.15, 0.2) is 42.5 Å². The number of amides is 1. The van der Waals surface area contributed by atoms with E-state index in [2.05, 4.69) is 5.32 Å². The van der Waals surface area contributed by atoms with Gasteiger partial charge in [-0.25, -0.2) is 0 Å². The molecule has 0 fully saturated rings. The average Bonchev–Trinajstić information content (AvgIpc) is 2.54. The zero-order chi connectivity index (χ0) is 17.9. The van der Waals surface area contributed by atoms with E-state index in [0.717, 1.165) is 30.3 Å². The number of hydrogen-bond donors (Lipinski definition) is 1. The second kappa shape index (κ2) is 6.52. The van der Waals surface area contributed by atoms with E-state index in [1.54, 1.807) is 0 Å². The Morgan fingerprint density at radius 1 is 0.875 bits per heavy atom. The summed E-state index contributed by atoms with van der Waals surface area (Å²) in [5, 5.41) is 34.6. The number of carboxylic acids is 1. The molecule has 2 aromatic carbocycles. The van der Waals surface area contributed by atoms with E-state index in [1.807, 2.05) is 0 Å². The molecule has 0 aromatic heterocycles. The van der Waals surface area contributed by atoms with Crippen LogP contribution >= 0.6 is 0 Å². The lowest BCUT2D eigenvalue weighted by molar-refractivity contribution is -0.385. The predicted molar refractivity (Wildman–Crippen MR) is 78.5 cm³/mol. The third-order valence-electron chi connectivity index (χ3n) is 3.02.